The fourth-order valence-electron chi connectivity index (χ4n) is 2.65. The Morgan fingerprint density at radius 3 is 2.76 bits per heavy atom. The lowest BCUT2D eigenvalue weighted by Crippen LogP contribution is -2.57. The van der Waals surface area contributed by atoms with E-state index in [4.69, 9.17) is 9.47 Å². The molecule has 2 fully saturated rings. The van der Waals surface area contributed by atoms with Gasteiger partial charge in [0.1, 0.15) is 0 Å². The maximum absolute atomic E-state index is 12.1. The summed E-state index contributed by atoms with van der Waals surface area (Å²) in [4.78, 5) is 25.4. The number of rotatable bonds is 3. The monoisotopic (exact) mass is 293 g/mol. The largest absolute Gasteiger partial charge is 0.376 e. The average Bonchev–Trinajstić information content (AvgIpc) is 2.48. The van der Waals surface area contributed by atoms with Gasteiger partial charge < -0.3 is 24.3 Å². The van der Waals surface area contributed by atoms with Crippen LogP contribution in [-0.2, 0) is 16.0 Å². The summed E-state index contributed by atoms with van der Waals surface area (Å²) < 4.78 is 12.7. The number of fused-ring (bicyclic) bond motifs is 2. The Labute approximate surface area is 122 Å². The predicted molar refractivity (Wildman–Crippen MR) is 75.2 cm³/mol. The number of carbonyl (C=O) groups is 1. The third-order valence-corrected chi connectivity index (χ3v) is 3.66. The number of carbonyl (C=O) groups excluding carboxylic acids is 1. The van der Waals surface area contributed by atoms with Gasteiger partial charge in [-0.05, 0) is 6.07 Å². The minimum absolute atomic E-state index is 0.0278. The SMILES string of the molecule is O=C(NCCn1ccccc1=O)N1CC2COCC(C1)O2. The first kappa shape index (κ1) is 14.1. The van der Waals surface area contributed by atoms with Crippen LogP contribution in [-0.4, -0.2) is 60.6 Å². The van der Waals surface area contributed by atoms with Gasteiger partial charge in [-0.25, -0.2) is 4.79 Å². The van der Waals surface area contributed by atoms with Crippen molar-refractivity contribution in [3.8, 4) is 0 Å². The normalized spacial score (nSPS) is 24.7. The number of ether oxygens (including phenoxy) is 2. The first-order valence-electron chi connectivity index (χ1n) is 7.14. The number of aromatic nitrogens is 1. The van der Waals surface area contributed by atoms with Crippen molar-refractivity contribution >= 4 is 6.03 Å². The Kier molecular flexibility index (Phi) is 4.21. The van der Waals surface area contributed by atoms with Gasteiger partial charge in [0.05, 0.1) is 38.5 Å². The summed E-state index contributed by atoms with van der Waals surface area (Å²) in [5.74, 6) is 0. The van der Waals surface area contributed by atoms with Crippen molar-refractivity contribution in [2.75, 3.05) is 32.8 Å². The van der Waals surface area contributed by atoms with Crippen LogP contribution in [0.5, 0.6) is 0 Å². The van der Waals surface area contributed by atoms with Gasteiger partial charge in [0, 0.05) is 25.4 Å². The molecule has 21 heavy (non-hydrogen) atoms. The molecule has 2 saturated heterocycles. The zero-order chi connectivity index (χ0) is 14.7. The lowest BCUT2D eigenvalue weighted by Gasteiger charge is -2.41. The highest BCUT2D eigenvalue weighted by atomic mass is 16.6. The number of amides is 2. The summed E-state index contributed by atoms with van der Waals surface area (Å²) in [5, 5.41) is 2.85. The second-order valence-corrected chi connectivity index (χ2v) is 5.29. The highest BCUT2D eigenvalue weighted by molar-refractivity contribution is 5.74. The van der Waals surface area contributed by atoms with E-state index < -0.39 is 0 Å². The third kappa shape index (κ3) is 3.43. The highest BCUT2D eigenvalue weighted by Gasteiger charge is 2.33. The van der Waals surface area contributed by atoms with Crippen molar-refractivity contribution in [3.05, 3.63) is 34.7 Å². The van der Waals surface area contributed by atoms with Crippen molar-refractivity contribution in [2.45, 2.75) is 18.8 Å². The quantitative estimate of drug-likeness (QED) is 0.827. The van der Waals surface area contributed by atoms with Gasteiger partial charge in [0.25, 0.3) is 5.56 Å². The van der Waals surface area contributed by atoms with E-state index in [1.165, 1.54) is 6.07 Å². The number of morpholine rings is 1. The van der Waals surface area contributed by atoms with Gasteiger partial charge in [-0.3, -0.25) is 4.79 Å². The molecule has 0 saturated carbocycles. The molecule has 3 rings (SSSR count). The van der Waals surface area contributed by atoms with E-state index in [-0.39, 0.29) is 23.8 Å². The Hall–Kier alpha value is -1.86. The van der Waals surface area contributed by atoms with E-state index in [0.717, 1.165) is 0 Å². The van der Waals surface area contributed by atoms with Gasteiger partial charge in [0.15, 0.2) is 0 Å². The molecule has 1 N–H and O–H groups in total. The molecule has 0 spiro atoms. The van der Waals surface area contributed by atoms with E-state index in [1.54, 1.807) is 27.8 Å². The zero-order valence-electron chi connectivity index (χ0n) is 11.7. The molecule has 114 valence electrons. The van der Waals surface area contributed by atoms with Crippen LogP contribution in [0, 0.1) is 0 Å². The lowest BCUT2D eigenvalue weighted by molar-refractivity contribution is -0.171. The molecule has 0 aromatic carbocycles. The molecule has 1 aromatic rings. The van der Waals surface area contributed by atoms with Crippen molar-refractivity contribution in [2.24, 2.45) is 0 Å². The van der Waals surface area contributed by atoms with Crippen LogP contribution >= 0.6 is 0 Å². The Morgan fingerprint density at radius 2 is 2.05 bits per heavy atom. The lowest BCUT2D eigenvalue weighted by atomic mass is 10.2. The number of pyridine rings is 1. The molecule has 0 radical (unpaired) electrons. The zero-order valence-corrected chi connectivity index (χ0v) is 11.7. The van der Waals surface area contributed by atoms with Crippen LogP contribution in [0.1, 0.15) is 0 Å². The highest BCUT2D eigenvalue weighted by Crippen LogP contribution is 2.16. The molecule has 2 atom stereocenters. The van der Waals surface area contributed by atoms with Gasteiger partial charge in [-0.15, -0.1) is 0 Å². The number of hydrogen-bond donors (Lipinski definition) is 1. The molecule has 7 nitrogen and oxygen atoms in total. The summed E-state index contributed by atoms with van der Waals surface area (Å²) in [7, 11) is 0. The number of nitrogens with one attached hydrogen (secondary N) is 1. The van der Waals surface area contributed by atoms with Gasteiger partial charge in [-0.2, -0.15) is 0 Å². The number of hydrogen-bond acceptors (Lipinski definition) is 4. The predicted octanol–water partition coefficient (Wildman–Crippen LogP) is -0.342. The Bertz CT molecular complexity index is 547. The van der Waals surface area contributed by atoms with Crippen LogP contribution in [0.25, 0.3) is 0 Å². The van der Waals surface area contributed by atoms with E-state index in [2.05, 4.69) is 5.32 Å². The van der Waals surface area contributed by atoms with Crippen LogP contribution in [0.2, 0.25) is 0 Å². The standard InChI is InChI=1S/C14H19N3O4/c18-13-3-1-2-5-16(13)6-4-15-14(19)17-7-11-9-20-10-12(8-17)21-11/h1-3,5,11-12H,4,6-10H2,(H,15,19). The first-order chi connectivity index (χ1) is 10.2. The summed E-state index contributed by atoms with van der Waals surface area (Å²) >= 11 is 0. The molecule has 2 amide bonds. The van der Waals surface area contributed by atoms with E-state index >= 15 is 0 Å². The molecule has 7 heteroatoms. The van der Waals surface area contributed by atoms with Crippen molar-refractivity contribution < 1.29 is 14.3 Å². The Morgan fingerprint density at radius 1 is 1.29 bits per heavy atom. The van der Waals surface area contributed by atoms with Crippen LogP contribution in [0.15, 0.2) is 29.2 Å². The second-order valence-electron chi connectivity index (χ2n) is 5.29. The minimum atomic E-state index is -0.112. The Balaban J connectivity index is 1.48. The fourth-order valence-corrected chi connectivity index (χ4v) is 2.65. The molecule has 2 aliphatic rings. The first-order valence-corrected chi connectivity index (χ1v) is 7.14. The van der Waals surface area contributed by atoms with E-state index in [9.17, 15) is 9.59 Å². The van der Waals surface area contributed by atoms with Gasteiger partial charge >= 0.3 is 6.03 Å². The minimum Gasteiger partial charge on any atom is -0.376 e. The topological polar surface area (TPSA) is 72.8 Å². The van der Waals surface area contributed by atoms with Gasteiger partial charge in [0.2, 0.25) is 0 Å². The van der Waals surface area contributed by atoms with Crippen LogP contribution < -0.4 is 10.9 Å². The van der Waals surface area contributed by atoms with E-state index in [1.807, 2.05) is 0 Å². The molecular formula is C14H19N3O4. The maximum atomic E-state index is 12.1. The number of urea groups is 1. The molecule has 2 bridgehead atoms. The molecular weight excluding hydrogens is 274 g/mol. The smallest absolute Gasteiger partial charge is 0.317 e. The molecule has 1 aromatic heterocycles. The fraction of sp³-hybridized carbons (Fsp3) is 0.571. The maximum Gasteiger partial charge on any atom is 0.317 e. The summed E-state index contributed by atoms with van der Waals surface area (Å²) in [6.07, 6.45) is 1.66. The van der Waals surface area contributed by atoms with Crippen LogP contribution in [0.3, 0.4) is 0 Å². The van der Waals surface area contributed by atoms with E-state index in [0.29, 0.717) is 39.4 Å². The molecule has 3 heterocycles. The van der Waals surface area contributed by atoms with Crippen molar-refractivity contribution in [3.63, 3.8) is 0 Å². The average molecular weight is 293 g/mol. The molecule has 2 unspecified atom stereocenters. The van der Waals surface area contributed by atoms with Crippen molar-refractivity contribution in [1.82, 2.24) is 14.8 Å². The molecule has 2 aliphatic heterocycles. The number of nitrogens with zero attached hydrogens (tertiary/aromatic N) is 2. The summed E-state index contributed by atoms with van der Waals surface area (Å²) in [6, 6.07) is 4.89. The third-order valence-electron chi connectivity index (χ3n) is 3.66. The summed E-state index contributed by atoms with van der Waals surface area (Å²) in [6.45, 7) is 3.07. The summed E-state index contributed by atoms with van der Waals surface area (Å²) in [5.41, 5.74) is -0.0650. The second kappa shape index (κ2) is 6.28. The van der Waals surface area contributed by atoms with Crippen molar-refractivity contribution in [1.29, 1.82) is 0 Å². The van der Waals surface area contributed by atoms with Gasteiger partial charge in [-0.1, -0.05) is 6.07 Å². The molecule has 0 aliphatic carbocycles. The van der Waals surface area contributed by atoms with Crippen LogP contribution in [0.4, 0.5) is 4.79 Å².